The minimum absolute atomic E-state index is 0.0418. The van der Waals surface area contributed by atoms with E-state index < -0.39 is 28.8 Å². The lowest BCUT2D eigenvalue weighted by Crippen LogP contribution is -2.25. The third-order valence-electron chi connectivity index (χ3n) is 4.26. The molecule has 1 heterocycles. The van der Waals surface area contributed by atoms with Gasteiger partial charge in [0.2, 0.25) is 5.91 Å². The molecule has 0 fully saturated rings. The molecule has 1 aromatic carbocycles. The third-order valence-corrected chi connectivity index (χ3v) is 4.26. The Kier molecular flexibility index (Phi) is 6.32. The lowest BCUT2D eigenvalue weighted by Gasteiger charge is -2.15. The van der Waals surface area contributed by atoms with Crippen molar-refractivity contribution in [3.05, 3.63) is 50.8 Å². The van der Waals surface area contributed by atoms with Gasteiger partial charge in [0.05, 0.1) is 30.3 Å². The first-order valence-electron chi connectivity index (χ1n) is 8.43. The van der Waals surface area contributed by atoms with Crippen LogP contribution in [0.2, 0.25) is 0 Å². The largest absolute Gasteiger partial charge is 0.465 e. The van der Waals surface area contributed by atoms with Crippen LogP contribution in [0.15, 0.2) is 18.2 Å². The number of hydrogen-bond acceptors (Lipinski definition) is 8. The van der Waals surface area contributed by atoms with Crippen molar-refractivity contribution in [3.8, 4) is 0 Å². The number of esters is 2. The highest BCUT2D eigenvalue weighted by Gasteiger charge is 2.27. The minimum atomic E-state index is -0.897. The smallest absolute Gasteiger partial charge is 0.337 e. The lowest BCUT2D eigenvalue weighted by molar-refractivity contribution is -0.386. The molecule has 0 aliphatic carbocycles. The van der Waals surface area contributed by atoms with Gasteiger partial charge < -0.3 is 14.8 Å². The van der Waals surface area contributed by atoms with E-state index in [-0.39, 0.29) is 33.9 Å². The number of nitrogens with zero attached hydrogens (tertiary/aromatic N) is 3. The predicted octanol–water partition coefficient (Wildman–Crippen LogP) is 2.18. The van der Waals surface area contributed by atoms with Crippen molar-refractivity contribution in [2.75, 3.05) is 19.5 Å². The number of aromatic nitrogens is 2. The number of carbonyl (C=O) groups excluding carboxylic acids is 3. The summed E-state index contributed by atoms with van der Waals surface area (Å²) in [5, 5.41) is 17.8. The number of ether oxygens (including phenoxy) is 2. The number of carbonyl (C=O) groups is 3. The maximum atomic E-state index is 12.7. The Hall–Kier alpha value is -3.76. The number of rotatable bonds is 6. The maximum Gasteiger partial charge on any atom is 0.337 e. The molecular formula is C18H20N4O7. The number of nitrogens with one attached hydrogen (secondary N) is 1. The van der Waals surface area contributed by atoms with Crippen molar-refractivity contribution in [2.24, 2.45) is 0 Å². The van der Waals surface area contributed by atoms with Crippen LogP contribution in [0.5, 0.6) is 0 Å². The Labute approximate surface area is 165 Å². The van der Waals surface area contributed by atoms with Crippen molar-refractivity contribution < 1.29 is 28.8 Å². The number of hydrogen-bond donors (Lipinski definition) is 1. The molecule has 0 saturated carbocycles. The monoisotopic (exact) mass is 404 g/mol. The Balaban J connectivity index is 2.37. The highest BCUT2D eigenvalue weighted by atomic mass is 16.6. The molecule has 0 spiro atoms. The molecule has 0 aliphatic heterocycles. The quantitative estimate of drug-likeness (QED) is 0.438. The molecule has 0 bridgehead atoms. The van der Waals surface area contributed by atoms with Gasteiger partial charge in [0.1, 0.15) is 17.4 Å². The summed E-state index contributed by atoms with van der Waals surface area (Å²) in [7, 11) is 2.37. The standard InChI is InChI=1S/C18H20N4O7/c1-9-15(22(26)27)10(2)21(20-9)11(3)16(23)19-14-7-12(17(24)28-4)6-13(8-14)18(25)29-5/h6-8,11H,1-5H3,(H,19,23). The van der Waals surface area contributed by atoms with Crippen molar-refractivity contribution in [3.63, 3.8) is 0 Å². The van der Waals surface area contributed by atoms with E-state index in [2.05, 4.69) is 19.9 Å². The number of aryl methyl sites for hydroxylation is 1. The average Bonchev–Trinajstić information content (AvgIpc) is 2.99. The summed E-state index contributed by atoms with van der Waals surface area (Å²) < 4.78 is 10.6. The topological polar surface area (TPSA) is 143 Å². The fourth-order valence-electron chi connectivity index (χ4n) is 2.82. The zero-order valence-electron chi connectivity index (χ0n) is 16.5. The third kappa shape index (κ3) is 4.39. The number of methoxy groups -OCH3 is 2. The van der Waals surface area contributed by atoms with Crippen LogP contribution in [0.4, 0.5) is 11.4 Å². The van der Waals surface area contributed by atoms with Crippen LogP contribution in [0.25, 0.3) is 0 Å². The van der Waals surface area contributed by atoms with Gasteiger partial charge in [-0.25, -0.2) is 9.59 Å². The molecule has 1 amide bonds. The number of anilines is 1. The van der Waals surface area contributed by atoms with Gasteiger partial charge in [-0.1, -0.05) is 0 Å². The summed E-state index contributed by atoms with van der Waals surface area (Å²) in [6, 6.07) is 3.06. The van der Waals surface area contributed by atoms with Crippen LogP contribution in [0.1, 0.15) is 45.1 Å². The molecule has 0 radical (unpaired) electrons. The van der Waals surface area contributed by atoms with Crippen LogP contribution >= 0.6 is 0 Å². The van der Waals surface area contributed by atoms with Gasteiger partial charge in [0.15, 0.2) is 0 Å². The fourth-order valence-corrected chi connectivity index (χ4v) is 2.82. The minimum Gasteiger partial charge on any atom is -0.465 e. The molecule has 11 heteroatoms. The molecule has 0 aliphatic rings. The Morgan fingerprint density at radius 1 is 1.10 bits per heavy atom. The molecular weight excluding hydrogens is 384 g/mol. The van der Waals surface area contributed by atoms with Crippen LogP contribution < -0.4 is 5.32 Å². The average molecular weight is 404 g/mol. The molecule has 1 unspecified atom stereocenters. The zero-order chi connectivity index (χ0) is 21.9. The van der Waals surface area contributed by atoms with Gasteiger partial charge in [-0.15, -0.1) is 0 Å². The van der Waals surface area contributed by atoms with Gasteiger partial charge in [-0.05, 0) is 39.0 Å². The van der Waals surface area contributed by atoms with Crippen LogP contribution in [-0.2, 0) is 14.3 Å². The lowest BCUT2D eigenvalue weighted by atomic mass is 10.1. The summed E-state index contributed by atoms with van der Waals surface area (Å²) in [6.45, 7) is 4.49. The SMILES string of the molecule is COC(=O)c1cc(NC(=O)C(C)n2nc(C)c([N+](=O)[O-])c2C)cc(C(=O)OC)c1. The first-order valence-corrected chi connectivity index (χ1v) is 8.43. The van der Waals surface area contributed by atoms with Crippen molar-refractivity contribution in [1.82, 2.24) is 9.78 Å². The van der Waals surface area contributed by atoms with E-state index in [4.69, 9.17) is 0 Å². The first-order chi connectivity index (χ1) is 13.6. The summed E-state index contributed by atoms with van der Waals surface area (Å²) in [4.78, 5) is 47.0. The highest BCUT2D eigenvalue weighted by molar-refractivity contribution is 6.00. The van der Waals surface area contributed by atoms with Gasteiger partial charge in [0.25, 0.3) is 0 Å². The molecule has 1 N–H and O–H groups in total. The molecule has 1 aromatic heterocycles. The van der Waals surface area contributed by atoms with Gasteiger partial charge >= 0.3 is 17.6 Å². The summed E-state index contributed by atoms with van der Waals surface area (Å²) in [6.07, 6.45) is 0. The van der Waals surface area contributed by atoms with Crippen LogP contribution in [-0.4, -0.2) is 46.8 Å². The first kappa shape index (κ1) is 21.5. The van der Waals surface area contributed by atoms with E-state index in [0.29, 0.717) is 0 Å². The summed E-state index contributed by atoms with van der Waals surface area (Å²) >= 11 is 0. The molecule has 11 nitrogen and oxygen atoms in total. The van der Waals surface area contributed by atoms with E-state index in [1.165, 1.54) is 57.9 Å². The Morgan fingerprint density at radius 3 is 2.03 bits per heavy atom. The number of benzene rings is 1. The van der Waals surface area contributed by atoms with Crippen molar-refractivity contribution in [2.45, 2.75) is 26.8 Å². The summed E-state index contributed by atoms with van der Waals surface area (Å²) in [5.74, 6) is -1.95. The van der Waals surface area contributed by atoms with Crippen molar-refractivity contribution >= 4 is 29.2 Å². The number of amides is 1. The molecule has 29 heavy (non-hydrogen) atoms. The fraction of sp³-hybridized carbons (Fsp3) is 0.333. The maximum absolute atomic E-state index is 12.7. The van der Waals surface area contributed by atoms with Gasteiger partial charge in [-0.3, -0.25) is 19.6 Å². The second kappa shape index (κ2) is 8.50. The Morgan fingerprint density at radius 2 is 1.62 bits per heavy atom. The highest BCUT2D eigenvalue weighted by Crippen LogP contribution is 2.25. The van der Waals surface area contributed by atoms with E-state index in [1.54, 1.807) is 0 Å². The molecule has 2 aromatic rings. The van der Waals surface area contributed by atoms with Crippen LogP contribution in [0.3, 0.4) is 0 Å². The van der Waals surface area contributed by atoms with Gasteiger partial charge in [-0.2, -0.15) is 5.10 Å². The van der Waals surface area contributed by atoms with E-state index >= 15 is 0 Å². The van der Waals surface area contributed by atoms with E-state index in [0.717, 1.165) is 0 Å². The zero-order valence-corrected chi connectivity index (χ0v) is 16.5. The normalized spacial score (nSPS) is 11.5. The molecule has 154 valence electrons. The predicted molar refractivity (Wildman–Crippen MR) is 101 cm³/mol. The molecule has 2 rings (SSSR count). The molecule has 0 saturated heterocycles. The Bertz CT molecular complexity index is 962. The second-order valence-corrected chi connectivity index (χ2v) is 6.17. The van der Waals surface area contributed by atoms with Crippen molar-refractivity contribution in [1.29, 1.82) is 0 Å². The van der Waals surface area contributed by atoms with E-state index in [1.807, 2.05) is 0 Å². The van der Waals surface area contributed by atoms with E-state index in [9.17, 15) is 24.5 Å². The second-order valence-electron chi connectivity index (χ2n) is 6.17. The number of nitro groups is 1. The van der Waals surface area contributed by atoms with Crippen LogP contribution in [0, 0.1) is 24.0 Å². The van der Waals surface area contributed by atoms with Gasteiger partial charge in [0, 0.05) is 5.69 Å². The molecule has 1 atom stereocenters. The summed E-state index contributed by atoms with van der Waals surface area (Å²) in [5.41, 5.74) is 0.494.